The Balaban J connectivity index is 1.50. The first-order valence-electron chi connectivity index (χ1n) is 8.50. The first-order chi connectivity index (χ1) is 11.3. The van der Waals surface area contributed by atoms with Crippen LogP contribution in [0.15, 0.2) is 18.3 Å². The van der Waals surface area contributed by atoms with Gasteiger partial charge in [0.25, 0.3) is 5.91 Å². The number of morpholine rings is 1. The number of hydrogen-bond donors (Lipinski definition) is 1. The van der Waals surface area contributed by atoms with Crippen molar-refractivity contribution in [2.24, 2.45) is 11.7 Å². The summed E-state index contributed by atoms with van der Waals surface area (Å²) in [5.74, 6) is 0.793. The van der Waals surface area contributed by atoms with Gasteiger partial charge in [0.05, 0.1) is 18.9 Å². The highest BCUT2D eigenvalue weighted by Crippen LogP contribution is 2.20. The summed E-state index contributed by atoms with van der Waals surface area (Å²) in [4.78, 5) is 21.2. The molecule has 2 fully saturated rings. The van der Waals surface area contributed by atoms with Crippen molar-refractivity contribution in [3.63, 3.8) is 0 Å². The lowest BCUT2D eigenvalue weighted by Crippen LogP contribution is -2.44. The fourth-order valence-electron chi connectivity index (χ4n) is 3.37. The zero-order chi connectivity index (χ0) is 16.1. The van der Waals surface area contributed by atoms with Crippen molar-refractivity contribution in [2.75, 3.05) is 45.9 Å². The second-order valence-electron chi connectivity index (χ2n) is 6.39. The summed E-state index contributed by atoms with van der Waals surface area (Å²) in [6, 6.07) is 3.59. The molecule has 1 amide bonds. The van der Waals surface area contributed by atoms with Crippen molar-refractivity contribution < 1.29 is 9.53 Å². The number of aromatic nitrogens is 1. The van der Waals surface area contributed by atoms with Crippen LogP contribution in [0.25, 0.3) is 0 Å². The van der Waals surface area contributed by atoms with Crippen molar-refractivity contribution in [2.45, 2.75) is 19.4 Å². The van der Waals surface area contributed by atoms with Gasteiger partial charge < -0.3 is 15.4 Å². The number of ether oxygens (including phenoxy) is 1. The van der Waals surface area contributed by atoms with Crippen molar-refractivity contribution in [3.05, 3.63) is 29.6 Å². The molecule has 0 atom stereocenters. The molecule has 0 unspecified atom stereocenters. The van der Waals surface area contributed by atoms with Crippen molar-refractivity contribution in [1.29, 1.82) is 0 Å². The fourth-order valence-corrected chi connectivity index (χ4v) is 3.37. The van der Waals surface area contributed by atoms with Crippen LogP contribution in [0.2, 0.25) is 0 Å². The van der Waals surface area contributed by atoms with Gasteiger partial charge in [-0.15, -0.1) is 0 Å². The second-order valence-corrected chi connectivity index (χ2v) is 6.39. The molecule has 6 nitrogen and oxygen atoms in total. The van der Waals surface area contributed by atoms with E-state index in [4.69, 9.17) is 10.5 Å². The molecule has 1 aromatic heterocycles. The van der Waals surface area contributed by atoms with E-state index in [1.54, 1.807) is 12.3 Å². The van der Waals surface area contributed by atoms with E-state index in [1.165, 1.54) is 0 Å². The molecule has 2 N–H and O–H groups in total. The van der Waals surface area contributed by atoms with Crippen LogP contribution in [0.4, 0.5) is 0 Å². The van der Waals surface area contributed by atoms with Gasteiger partial charge in [-0.3, -0.25) is 14.7 Å². The highest BCUT2D eigenvalue weighted by Gasteiger charge is 2.25. The minimum absolute atomic E-state index is 0.104. The van der Waals surface area contributed by atoms with Crippen molar-refractivity contribution in [1.82, 2.24) is 14.8 Å². The van der Waals surface area contributed by atoms with Crippen LogP contribution >= 0.6 is 0 Å². The van der Waals surface area contributed by atoms with Crippen molar-refractivity contribution >= 4 is 5.91 Å². The molecular formula is C17H26N4O2. The first kappa shape index (κ1) is 16.4. The molecule has 2 aliphatic rings. The van der Waals surface area contributed by atoms with E-state index >= 15 is 0 Å². The number of pyridine rings is 1. The van der Waals surface area contributed by atoms with E-state index in [1.807, 2.05) is 11.0 Å². The largest absolute Gasteiger partial charge is 0.379 e. The summed E-state index contributed by atoms with van der Waals surface area (Å²) in [5, 5.41) is 0. The highest BCUT2D eigenvalue weighted by atomic mass is 16.5. The summed E-state index contributed by atoms with van der Waals surface area (Å²) in [6.45, 7) is 6.96. The highest BCUT2D eigenvalue weighted by molar-refractivity contribution is 5.94. The Morgan fingerprint density at radius 3 is 2.70 bits per heavy atom. The van der Waals surface area contributed by atoms with Gasteiger partial charge in [0.1, 0.15) is 0 Å². The molecule has 2 saturated heterocycles. The Morgan fingerprint density at radius 1 is 1.26 bits per heavy atom. The summed E-state index contributed by atoms with van der Waals surface area (Å²) < 4.78 is 5.40. The summed E-state index contributed by atoms with van der Waals surface area (Å²) >= 11 is 0. The SMILES string of the molecule is NCc1cc(C(=O)N2CCC(CN3CCOCC3)CC2)ccn1. The Kier molecular flexibility index (Phi) is 5.59. The van der Waals surface area contributed by atoms with E-state index < -0.39 is 0 Å². The quantitative estimate of drug-likeness (QED) is 0.886. The monoisotopic (exact) mass is 318 g/mol. The van der Waals surface area contributed by atoms with Crippen LogP contribution in [-0.4, -0.2) is 66.6 Å². The van der Waals surface area contributed by atoms with E-state index in [2.05, 4.69) is 9.88 Å². The molecule has 3 rings (SSSR count). The zero-order valence-corrected chi connectivity index (χ0v) is 13.6. The normalized spacial score (nSPS) is 20.7. The first-order valence-corrected chi connectivity index (χ1v) is 8.50. The van der Waals surface area contributed by atoms with Crippen LogP contribution in [0.3, 0.4) is 0 Å². The number of nitrogens with two attached hydrogens (primary N) is 1. The molecule has 6 heteroatoms. The maximum atomic E-state index is 12.6. The van der Waals surface area contributed by atoms with Gasteiger partial charge in [0, 0.05) is 51.0 Å². The topological polar surface area (TPSA) is 71.7 Å². The minimum atomic E-state index is 0.104. The van der Waals surface area contributed by atoms with Gasteiger partial charge in [0.2, 0.25) is 0 Å². The molecule has 0 saturated carbocycles. The number of carbonyl (C=O) groups excluding carboxylic acids is 1. The number of nitrogens with zero attached hydrogens (tertiary/aromatic N) is 3. The van der Waals surface area contributed by atoms with Gasteiger partial charge in [-0.1, -0.05) is 0 Å². The second kappa shape index (κ2) is 7.86. The lowest BCUT2D eigenvalue weighted by Gasteiger charge is -2.36. The van der Waals surface area contributed by atoms with E-state index in [-0.39, 0.29) is 5.91 Å². The number of hydrogen-bond acceptors (Lipinski definition) is 5. The maximum absolute atomic E-state index is 12.6. The Labute approximate surface area is 137 Å². The number of amides is 1. The van der Waals surface area contributed by atoms with Crippen LogP contribution in [0.5, 0.6) is 0 Å². The maximum Gasteiger partial charge on any atom is 0.253 e. The standard InChI is InChI=1S/C17H26N4O2/c18-12-16-11-15(1-4-19-16)17(22)21-5-2-14(3-6-21)13-20-7-9-23-10-8-20/h1,4,11,14H,2-3,5-10,12-13,18H2. The van der Waals surface area contributed by atoms with Gasteiger partial charge >= 0.3 is 0 Å². The molecule has 3 heterocycles. The van der Waals surface area contributed by atoms with Gasteiger partial charge in [-0.2, -0.15) is 0 Å². The van der Waals surface area contributed by atoms with Gasteiger partial charge in [-0.05, 0) is 30.9 Å². The zero-order valence-electron chi connectivity index (χ0n) is 13.6. The Hall–Kier alpha value is -1.50. The molecule has 126 valence electrons. The third kappa shape index (κ3) is 4.28. The average molecular weight is 318 g/mol. The molecule has 0 aromatic carbocycles. The number of likely N-dealkylation sites (tertiary alicyclic amines) is 1. The lowest BCUT2D eigenvalue weighted by atomic mass is 9.95. The Bertz CT molecular complexity index is 523. The molecule has 0 radical (unpaired) electrons. The van der Waals surface area contributed by atoms with Crippen LogP contribution in [0, 0.1) is 5.92 Å². The van der Waals surface area contributed by atoms with Gasteiger partial charge in [-0.25, -0.2) is 0 Å². The summed E-state index contributed by atoms with van der Waals surface area (Å²) in [7, 11) is 0. The summed E-state index contributed by atoms with van der Waals surface area (Å²) in [6.07, 6.45) is 3.83. The minimum Gasteiger partial charge on any atom is -0.379 e. The average Bonchev–Trinajstić information content (AvgIpc) is 2.63. The molecule has 0 aliphatic carbocycles. The molecule has 23 heavy (non-hydrogen) atoms. The van der Waals surface area contributed by atoms with Crippen LogP contribution in [0.1, 0.15) is 28.9 Å². The van der Waals surface area contributed by atoms with Crippen LogP contribution in [-0.2, 0) is 11.3 Å². The van der Waals surface area contributed by atoms with E-state index in [0.29, 0.717) is 18.0 Å². The third-order valence-corrected chi connectivity index (χ3v) is 4.79. The van der Waals surface area contributed by atoms with E-state index in [9.17, 15) is 4.79 Å². The number of rotatable bonds is 4. The fraction of sp³-hybridized carbons (Fsp3) is 0.647. The molecule has 1 aromatic rings. The summed E-state index contributed by atoms with van der Waals surface area (Å²) in [5.41, 5.74) is 7.07. The third-order valence-electron chi connectivity index (χ3n) is 4.79. The molecular weight excluding hydrogens is 292 g/mol. The van der Waals surface area contributed by atoms with Crippen LogP contribution < -0.4 is 5.73 Å². The molecule has 0 spiro atoms. The number of piperidine rings is 1. The smallest absolute Gasteiger partial charge is 0.253 e. The van der Waals surface area contributed by atoms with Gasteiger partial charge in [0.15, 0.2) is 0 Å². The Morgan fingerprint density at radius 2 is 2.00 bits per heavy atom. The number of carbonyl (C=O) groups is 1. The predicted octanol–water partition coefficient (Wildman–Crippen LogP) is 0.725. The lowest BCUT2D eigenvalue weighted by molar-refractivity contribution is 0.0243. The molecule has 0 bridgehead atoms. The van der Waals surface area contributed by atoms with Crippen molar-refractivity contribution in [3.8, 4) is 0 Å². The molecule has 2 aliphatic heterocycles. The predicted molar refractivity (Wildman–Crippen MR) is 88.0 cm³/mol. The van der Waals surface area contributed by atoms with E-state index in [0.717, 1.165) is 64.5 Å².